The van der Waals surface area contributed by atoms with Crippen molar-refractivity contribution in [3.63, 3.8) is 0 Å². The monoisotopic (exact) mass is 310 g/mol. The summed E-state index contributed by atoms with van der Waals surface area (Å²) in [4.78, 5) is 26.2. The van der Waals surface area contributed by atoms with Crippen LogP contribution in [0.25, 0.3) is 22.3 Å². The first kappa shape index (κ1) is 13.0. The van der Waals surface area contributed by atoms with E-state index in [1.54, 1.807) is 18.2 Å². The molecule has 2 N–H and O–H groups in total. The van der Waals surface area contributed by atoms with E-state index in [2.05, 4.69) is 15.2 Å². The van der Waals surface area contributed by atoms with Crippen molar-refractivity contribution in [3.05, 3.63) is 49.1 Å². The lowest BCUT2D eigenvalue weighted by molar-refractivity contribution is 0.792. The zero-order chi connectivity index (χ0) is 14.4. The molecule has 0 atom stereocenters. The van der Waals surface area contributed by atoms with Crippen LogP contribution in [0.4, 0.5) is 0 Å². The van der Waals surface area contributed by atoms with Gasteiger partial charge in [-0.25, -0.2) is 4.79 Å². The van der Waals surface area contributed by atoms with Gasteiger partial charge in [0.2, 0.25) is 0 Å². The topological polar surface area (TPSA) is 83.5 Å². The van der Waals surface area contributed by atoms with Gasteiger partial charge in [-0.05, 0) is 12.1 Å². The Bertz CT molecular complexity index is 939. The number of aromatic amines is 2. The van der Waals surface area contributed by atoms with Crippen LogP contribution in [-0.4, -0.2) is 19.7 Å². The smallest absolute Gasteiger partial charge is 0.290 e. The number of halogens is 2. The van der Waals surface area contributed by atoms with Gasteiger partial charge in [-0.3, -0.25) is 19.4 Å². The minimum atomic E-state index is -0.519. The standard InChI is InChI=1S/C12H8Cl2N4O2/c1-18-11(19)8-9(16-17-10(8)15-12(18)20)5-2-3-6(13)7(14)4-5/h2-4H,1H3,(H2,15,16,17,20). The lowest BCUT2D eigenvalue weighted by atomic mass is 10.1. The zero-order valence-corrected chi connectivity index (χ0v) is 11.7. The maximum Gasteiger partial charge on any atom is 0.329 e. The third-order valence-electron chi connectivity index (χ3n) is 3.02. The maximum atomic E-state index is 12.2. The second-order valence-electron chi connectivity index (χ2n) is 4.25. The van der Waals surface area contributed by atoms with E-state index in [-0.39, 0.29) is 5.65 Å². The summed E-state index contributed by atoms with van der Waals surface area (Å²) in [5.74, 6) is 0. The second kappa shape index (κ2) is 4.50. The molecule has 0 saturated carbocycles. The third-order valence-corrected chi connectivity index (χ3v) is 3.76. The van der Waals surface area contributed by atoms with Crippen molar-refractivity contribution in [3.8, 4) is 11.3 Å². The van der Waals surface area contributed by atoms with E-state index >= 15 is 0 Å². The number of aromatic nitrogens is 4. The summed E-state index contributed by atoms with van der Waals surface area (Å²) < 4.78 is 0.985. The largest absolute Gasteiger partial charge is 0.329 e. The number of nitrogens with one attached hydrogen (secondary N) is 2. The van der Waals surface area contributed by atoms with Gasteiger partial charge in [-0.15, -0.1) is 0 Å². The Morgan fingerprint density at radius 1 is 1.20 bits per heavy atom. The first-order valence-electron chi connectivity index (χ1n) is 5.62. The number of nitrogens with zero attached hydrogens (tertiary/aromatic N) is 2. The highest BCUT2D eigenvalue weighted by atomic mass is 35.5. The number of benzene rings is 1. The lowest BCUT2D eigenvalue weighted by Crippen LogP contribution is -2.32. The highest BCUT2D eigenvalue weighted by Crippen LogP contribution is 2.29. The van der Waals surface area contributed by atoms with Crippen molar-refractivity contribution >= 4 is 34.2 Å². The van der Waals surface area contributed by atoms with Crippen LogP contribution in [0.15, 0.2) is 27.8 Å². The highest BCUT2D eigenvalue weighted by molar-refractivity contribution is 6.42. The maximum absolute atomic E-state index is 12.2. The van der Waals surface area contributed by atoms with Crippen LogP contribution < -0.4 is 11.2 Å². The van der Waals surface area contributed by atoms with E-state index in [4.69, 9.17) is 23.2 Å². The summed E-state index contributed by atoms with van der Waals surface area (Å²) >= 11 is 11.8. The minimum absolute atomic E-state index is 0.208. The molecule has 0 spiro atoms. The molecular weight excluding hydrogens is 303 g/mol. The van der Waals surface area contributed by atoms with Crippen LogP contribution >= 0.6 is 23.2 Å². The summed E-state index contributed by atoms with van der Waals surface area (Å²) in [7, 11) is 1.40. The van der Waals surface area contributed by atoms with Crippen LogP contribution in [0.3, 0.4) is 0 Å². The molecule has 2 heterocycles. The Morgan fingerprint density at radius 2 is 1.95 bits per heavy atom. The number of hydrogen-bond donors (Lipinski definition) is 2. The molecule has 0 bridgehead atoms. The van der Waals surface area contributed by atoms with E-state index in [0.29, 0.717) is 26.7 Å². The molecule has 2 aromatic heterocycles. The van der Waals surface area contributed by atoms with E-state index in [0.717, 1.165) is 4.57 Å². The predicted octanol–water partition coefficient (Wildman–Crippen LogP) is 1.92. The van der Waals surface area contributed by atoms with Gasteiger partial charge in [0, 0.05) is 12.6 Å². The third kappa shape index (κ3) is 1.85. The Hall–Kier alpha value is -2.05. The molecule has 20 heavy (non-hydrogen) atoms. The summed E-state index contributed by atoms with van der Waals surface area (Å²) in [5.41, 5.74) is 0.397. The second-order valence-corrected chi connectivity index (χ2v) is 5.06. The summed E-state index contributed by atoms with van der Waals surface area (Å²) in [6, 6.07) is 4.97. The average molecular weight is 311 g/mol. The van der Waals surface area contributed by atoms with Crippen LogP contribution in [0.2, 0.25) is 10.0 Å². The fourth-order valence-corrected chi connectivity index (χ4v) is 2.24. The Labute approximate surface area is 122 Å². The Kier molecular flexibility index (Phi) is 2.92. The van der Waals surface area contributed by atoms with Gasteiger partial charge in [-0.1, -0.05) is 29.3 Å². The summed E-state index contributed by atoms with van der Waals surface area (Å²) in [5, 5.41) is 7.76. The molecule has 0 radical (unpaired) electrons. The first-order valence-corrected chi connectivity index (χ1v) is 6.37. The molecule has 0 saturated heterocycles. The van der Waals surface area contributed by atoms with Crippen molar-refractivity contribution < 1.29 is 0 Å². The number of fused-ring (bicyclic) bond motifs is 1. The molecular formula is C12H8Cl2N4O2. The molecule has 102 valence electrons. The summed E-state index contributed by atoms with van der Waals surface area (Å²) in [6.45, 7) is 0. The molecule has 0 amide bonds. The molecule has 0 aliphatic rings. The van der Waals surface area contributed by atoms with Gasteiger partial charge in [0.1, 0.15) is 5.39 Å². The van der Waals surface area contributed by atoms with Gasteiger partial charge >= 0.3 is 5.69 Å². The molecule has 0 aliphatic carbocycles. The van der Waals surface area contributed by atoms with E-state index < -0.39 is 11.2 Å². The van der Waals surface area contributed by atoms with Crippen molar-refractivity contribution in [2.75, 3.05) is 0 Å². The molecule has 6 nitrogen and oxygen atoms in total. The highest BCUT2D eigenvalue weighted by Gasteiger charge is 2.15. The van der Waals surface area contributed by atoms with E-state index in [1.165, 1.54) is 7.05 Å². The molecule has 0 unspecified atom stereocenters. The SMILES string of the molecule is Cn1c(=O)[nH]c2n[nH]c(-c3ccc(Cl)c(Cl)c3)c2c1=O. The van der Waals surface area contributed by atoms with E-state index in [1.807, 2.05) is 0 Å². The molecule has 1 aromatic carbocycles. The molecule has 8 heteroatoms. The molecule has 0 fully saturated rings. The Morgan fingerprint density at radius 3 is 2.65 bits per heavy atom. The number of H-pyrrole nitrogens is 2. The first-order chi connectivity index (χ1) is 9.49. The van der Waals surface area contributed by atoms with Gasteiger partial charge in [0.25, 0.3) is 5.56 Å². The van der Waals surface area contributed by atoms with Crippen molar-refractivity contribution in [2.24, 2.45) is 7.05 Å². The van der Waals surface area contributed by atoms with Crippen LogP contribution in [0.5, 0.6) is 0 Å². The Balaban J connectivity index is 2.38. The van der Waals surface area contributed by atoms with Crippen molar-refractivity contribution in [1.82, 2.24) is 19.7 Å². The average Bonchev–Trinajstić information content (AvgIpc) is 2.83. The molecule has 0 aliphatic heterocycles. The lowest BCUT2D eigenvalue weighted by Gasteiger charge is -2.02. The van der Waals surface area contributed by atoms with Gasteiger partial charge in [-0.2, -0.15) is 5.10 Å². The number of rotatable bonds is 1. The quantitative estimate of drug-likeness (QED) is 0.720. The fourth-order valence-electron chi connectivity index (χ4n) is 1.95. The van der Waals surface area contributed by atoms with Crippen LogP contribution in [0.1, 0.15) is 0 Å². The number of hydrogen-bond acceptors (Lipinski definition) is 3. The van der Waals surface area contributed by atoms with E-state index in [9.17, 15) is 9.59 Å². The van der Waals surface area contributed by atoms with Crippen LogP contribution in [0, 0.1) is 0 Å². The van der Waals surface area contributed by atoms with Gasteiger partial charge in [0.15, 0.2) is 5.65 Å². The molecule has 3 aromatic rings. The fraction of sp³-hybridized carbons (Fsp3) is 0.0833. The predicted molar refractivity (Wildman–Crippen MR) is 77.4 cm³/mol. The minimum Gasteiger partial charge on any atom is -0.290 e. The van der Waals surface area contributed by atoms with Crippen molar-refractivity contribution in [1.29, 1.82) is 0 Å². The van der Waals surface area contributed by atoms with Crippen molar-refractivity contribution in [2.45, 2.75) is 0 Å². The summed E-state index contributed by atoms with van der Waals surface area (Å²) in [6.07, 6.45) is 0. The zero-order valence-electron chi connectivity index (χ0n) is 10.2. The van der Waals surface area contributed by atoms with Gasteiger partial charge in [0.05, 0.1) is 15.7 Å². The van der Waals surface area contributed by atoms with Gasteiger partial charge < -0.3 is 0 Å². The van der Waals surface area contributed by atoms with Crippen LogP contribution in [-0.2, 0) is 7.05 Å². The normalized spacial score (nSPS) is 11.2. The molecule has 3 rings (SSSR count).